The number of ether oxygens (including phenoxy) is 2. The molecule has 11 atom stereocenters. The van der Waals surface area contributed by atoms with Gasteiger partial charge in [-0.3, -0.25) is 0 Å². The number of aliphatic hydroxyl groups excluding tert-OH is 4. The Balaban J connectivity index is 1.83. The summed E-state index contributed by atoms with van der Waals surface area (Å²) >= 11 is 0. The van der Waals surface area contributed by atoms with Crippen molar-refractivity contribution < 1.29 is 35.0 Å². The number of hydrogen-bond acceptors (Lipinski definition) is 7. The quantitative estimate of drug-likeness (QED) is 0.400. The molecule has 6 aliphatic rings. The van der Waals surface area contributed by atoms with Crippen LogP contribution < -0.4 is 0 Å². The van der Waals surface area contributed by atoms with Crippen LogP contribution in [0.1, 0.15) is 39.5 Å². The number of aliphatic hydroxyl groups is 5. The predicted molar refractivity (Wildman–Crippen MR) is 97.6 cm³/mol. The highest BCUT2D eigenvalue weighted by Crippen LogP contribution is 2.78. The molecule has 158 valence electrons. The van der Waals surface area contributed by atoms with Crippen molar-refractivity contribution in [2.24, 2.45) is 34.0 Å². The molecule has 2 spiro atoms. The van der Waals surface area contributed by atoms with E-state index in [-0.39, 0.29) is 5.92 Å². The third-order valence-electron chi connectivity index (χ3n) is 9.36. The number of rotatable bonds is 1. The first-order chi connectivity index (χ1) is 13.0. The van der Waals surface area contributed by atoms with E-state index in [9.17, 15) is 25.5 Å². The Bertz CT molecular complexity index is 724. The molecule has 5 N–H and O–H groups in total. The van der Waals surface area contributed by atoms with Gasteiger partial charge in [-0.2, -0.15) is 0 Å². The van der Waals surface area contributed by atoms with Gasteiger partial charge in [0.25, 0.3) is 0 Å². The van der Waals surface area contributed by atoms with E-state index < -0.39 is 64.6 Å². The van der Waals surface area contributed by atoms with Crippen molar-refractivity contribution in [1.29, 1.82) is 0 Å². The van der Waals surface area contributed by atoms with Gasteiger partial charge >= 0.3 is 0 Å². The Morgan fingerprint density at radius 3 is 2.39 bits per heavy atom. The molecule has 2 heterocycles. The van der Waals surface area contributed by atoms with E-state index in [1.807, 2.05) is 13.8 Å². The van der Waals surface area contributed by atoms with E-state index in [1.54, 1.807) is 0 Å². The highest BCUT2D eigenvalue weighted by Gasteiger charge is 2.88. The van der Waals surface area contributed by atoms with E-state index >= 15 is 0 Å². The second-order valence-electron chi connectivity index (χ2n) is 10.4. The maximum atomic E-state index is 11.9. The van der Waals surface area contributed by atoms with Crippen LogP contribution in [0.5, 0.6) is 0 Å². The summed E-state index contributed by atoms with van der Waals surface area (Å²) in [7, 11) is 1.47. The molecule has 4 aliphatic carbocycles. The highest BCUT2D eigenvalue weighted by molar-refractivity contribution is 5.38. The Morgan fingerprint density at radius 1 is 1.07 bits per heavy atom. The zero-order chi connectivity index (χ0) is 20.4. The summed E-state index contributed by atoms with van der Waals surface area (Å²) in [6, 6.07) is 0. The van der Waals surface area contributed by atoms with Gasteiger partial charge in [0.15, 0.2) is 6.29 Å². The molecule has 0 amide bonds. The molecule has 2 unspecified atom stereocenters. The molecule has 4 bridgehead atoms. The summed E-state index contributed by atoms with van der Waals surface area (Å²) in [4.78, 5) is 0. The minimum Gasteiger partial charge on any atom is -0.392 e. The molecule has 0 aromatic rings. The molecule has 0 aromatic heterocycles. The van der Waals surface area contributed by atoms with Crippen molar-refractivity contribution in [2.75, 3.05) is 7.11 Å². The lowest BCUT2D eigenvalue weighted by Crippen LogP contribution is -2.88. The van der Waals surface area contributed by atoms with Crippen LogP contribution >= 0.6 is 0 Å². The van der Waals surface area contributed by atoms with Crippen LogP contribution in [0.25, 0.3) is 0 Å². The van der Waals surface area contributed by atoms with Gasteiger partial charge < -0.3 is 35.0 Å². The van der Waals surface area contributed by atoms with Crippen LogP contribution in [0, 0.1) is 34.0 Å². The zero-order valence-electron chi connectivity index (χ0n) is 16.7. The summed E-state index contributed by atoms with van der Waals surface area (Å²) in [5.41, 5.74) is -2.50. The smallest absolute Gasteiger partial charge is 0.206 e. The summed E-state index contributed by atoms with van der Waals surface area (Å²) in [5, 5.41) is 57.3. The van der Waals surface area contributed by atoms with E-state index in [0.717, 1.165) is 0 Å². The molecule has 4 saturated carbocycles. The van der Waals surface area contributed by atoms with Crippen LogP contribution in [0.15, 0.2) is 12.2 Å². The monoisotopic (exact) mass is 396 g/mol. The third-order valence-corrected chi connectivity index (χ3v) is 9.36. The van der Waals surface area contributed by atoms with Crippen molar-refractivity contribution in [3.05, 3.63) is 12.2 Å². The Hall–Kier alpha value is -0.540. The fourth-order valence-corrected chi connectivity index (χ4v) is 8.44. The lowest BCUT2D eigenvalue weighted by molar-refractivity contribution is -0.524. The number of methoxy groups -OCH3 is 1. The van der Waals surface area contributed by atoms with Crippen molar-refractivity contribution in [3.63, 3.8) is 0 Å². The topological polar surface area (TPSA) is 120 Å². The molecule has 6 rings (SSSR count). The van der Waals surface area contributed by atoms with Crippen molar-refractivity contribution in [3.8, 4) is 0 Å². The Kier molecular flexibility index (Phi) is 3.73. The van der Waals surface area contributed by atoms with Crippen LogP contribution in [0.2, 0.25) is 0 Å². The minimum absolute atomic E-state index is 0.366. The first kappa shape index (κ1) is 19.4. The average Bonchev–Trinajstić information content (AvgIpc) is 2.75. The molecule has 7 nitrogen and oxygen atoms in total. The van der Waals surface area contributed by atoms with E-state index in [0.29, 0.717) is 31.3 Å². The maximum Gasteiger partial charge on any atom is 0.206 e. The average molecular weight is 396 g/mol. The summed E-state index contributed by atoms with van der Waals surface area (Å²) in [6.45, 7) is 8.05. The number of hydrogen-bond donors (Lipinski definition) is 5. The van der Waals surface area contributed by atoms with E-state index in [1.165, 1.54) is 7.11 Å². The minimum atomic E-state index is -2.20. The van der Waals surface area contributed by atoms with E-state index in [4.69, 9.17) is 9.47 Å². The Labute approximate surface area is 165 Å². The highest BCUT2D eigenvalue weighted by atomic mass is 16.8. The fourth-order valence-electron chi connectivity index (χ4n) is 8.44. The molecule has 2 aliphatic heterocycles. The van der Waals surface area contributed by atoms with Gasteiger partial charge in [-0.1, -0.05) is 20.4 Å². The summed E-state index contributed by atoms with van der Waals surface area (Å²) < 4.78 is 11.7. The standard InChI is InChI=1S/C21H32O7/c1-9-10-5-6-11-19-12(22)7-8-18(2,3)13(19)16(25)21(26,28-17(19)27-4)20(11,14(9)23)15(10)24/h10-17,22-26H,1,5-8H2,2-4H3/t10-,11-,12-,13+,14+,15?,16-,17-,19?,20-,21+/m0/s1. The van der Waals surface area contributed by atoms with Gasteiger partial charge in [-0.15, -0.1) is 0 Å². The largest absolute Gasteiger partial charge is 0.392 e. The van der Waals surface area contributed by atoms with Crippen molar-refractivity contribution in [1.82, 2.24) is 0 Å². The number of fused-ring (bicyclic) bond motifs is 2. The first-order valence-electron chi connectivity index (χ1n) is 10.4. The Morgan fingerprint density at radius 2 is 1.75 bits per heavy atom. The molecule has 0 aromatic carbocycles. The molecule has 7 heteroatoms. The van der Waals surface area contributed by atoms with Crippen LogP contribution in [-0.4, -0.2) is 69.1 Å². The van der Waals surface area contributed by atoms with Crippen LogP contribution in [0.4, 0.5) is 0 Å². The zero-order valence-corrected chi connectivity index (χ0v) is 16.7. The van der Waals surface area contributed by atoms with Gasteiger partial charge in [-0.05, 0) is 42.6 Å². The van der Waals surface area contributed by atoms with Crippen molar-refractivity contribution in [2.45, 2.75) is 76.0 Å². The molecule has 6 fully saturated rings. The van der Waals surface area contributed by atoms with Gasteiger partial charge in [0.05, 0.1) is 29.1 Å². The molecule has 28 heavy (non-hydrogen) atoms. The van der Waals surface area contributed by atoms with Crippen molar-refractivity contribution >= 4 is 0 Å². The van der Waals surface area contributed by atoms with Crippen LogP contribution in [-0.2, 0) is 9.47 Å². The summed E-state index contributed by atoms with van der Waals surface area (Å²) in [6.07, 6.45) is -3.14. The second kappa shape index (κ2) is 5.38. The maximum absolute atomic E-state index is 11.9. The third kappa shape index (κ3) is 1.64. The molecular formula is C21H32O7. The molecular weight excluding hydrogens is 364 g/mol. The predicted octanol–water partition coefficient (Wildman–Crippen LogP) is 0.140. The normalized spacial score (nSPS) is 61.8. The van der Waals surface area contributed by atoms with Gasteiger partial charge in [0.2, 0.25) is 5.79 Å². The van der Waals surface area contributed by atoms with E-state index in [2.05, 4.69) is 6.58 Å². The van der Waals surface area contributed by atoms with Gasteiger partial charge in [0, 0.05) is 18.9 Å². The lowest BCUT2D eigenvalue weighted by atomic mass is 9.35. The second-order valence-corrected chi connectivity index (χ2v) is 10.4. The summed E-state index contributed by atoms with van der Waals surface area (Å²) in [5.74, 6) is -3.55. The van der Waals surface area contributed by atoms with Gasteiger partial charge in [0.1, 0.15) is 6.10 Å². The lowest BCUT2D eigenvalue weighted by Gasteiger charge is -2.77. The fraction of sp³-hybridized carbons (Fsp3) is 0.905. The molecule has 0 radical (unpaired) electrons. The molecule has 2 saturated heterocycles. The SMILES string of the molecule is C=C1[C@@H](O)[C@]23C(O)[C@H]1CC[C@H]2C12[C@@H](OC)O[C@]3(O)[C@@H](O)[C@@H]1C(C)(C)CC[C@@H]2O. The van der Waals surface area contributed by atoms with Gasteiger partial charge in [-0.25, -0.2) is 0 Å². The first-order valence-corrected chi connectivity index (χ1v) is 10.4. The van der Waals surface area contributed by atoms with Crippen LogP contribution in [0.3, 0.4) is 0 Å².